The van der Waals surface area contributed by atoms with Gasteiger partial charge in [0.25, 0.3) is 0 Å². The summed E-state index contributed by atoms with van der Waals surface area (Å²) >= 11 is 0. The molecule has 0 amide bonds. The molecule has 0 aromatic carbocycles. The number of hydrogen-bond donors (Lipinski definition) is 3. The lowest BCUT2D eigenvalue weighted by Gasteiger charge is -2.10. The molecule has 1 fully saturated rings. The third kappa shape index (κ3) is 2.85. The number of nitrogens with two attached hydrogens (primary N) is 1. The first-order valence-corrected chi connectivity index (χ1v) is 8.28. The van der Waals surface area contributed by atoms with Crippen LogP contribution in [-0.4, -0.2) is 28.2 Å². The Morgan fingerprint density at radius 3 is 2.90 bits per heavy atom. The average Bonchev–Trinajstić information content (AvgIpc) is 2.98. The molecule has 1 saturated carbocycles. The van der Waals surface area contributed by atoms with Crippen molar-refractivity contribution < 1.29 is 8.42 Å². The highest BCUT2D eigenvalue weighted by Gasteiger charge is 2.28. The largest absolute Gasteiger partial charge is 0.346 e. The van der Waals surface area contributed by atoms with E-state index in [-0.39, 0.29) is 4.90 Å². The second-order valence-corrected chi connectivity index (χ2v) is 6.94. The normalized spacial score (nSPS) is 17.0. The first-order valence-electron chi connectivity index (χ1n) is 6.79. The molecule has 2 aromatic rings. The van der Waals surface area contributed by atoms with E-state index in [9.17, 15) is 8.42 Å². The summed E-state index contributed by atoms with van der Waals surface area (Å²) in [6, 6.07) is 1.54. The molecule has 0 aliphatic heterocycles. The predicted octanol–water partition coefficient (Wildman–Crippen LogP) is 0.439. The van der Waals surface area contributed by atoms with E-state index < -0.39 is 16.1 Å². The van der Waals surface area contributed by atoms with Crippen molar-refractivity contribution in [3.63, 3.8) is 0 Å². The number of aromatic amines is 1. The minimum atomic E-state index is -3.62. The molecule has 4 N–H and O–H groups in total. The Hall–Kier alpha value is -1.71. The Bertz CT molecular complexity index is 717. The van der Waals surface area contributed by atoms with Gasteiger partial charge < -0.3 is 10.3 Å². The lowest BCUT2D eigenvalue weighted by atomic mass is 10.3. The van der Waals surface area contributed by atoms with Gasteiger partial charge in [-0.25, -0.2) is 18.1 Å². The van der Waals surface area contributed by atoms with Crippen molar-refractivity contribution in [3.05, 3.63) is 30.1 Å². The van der Waals surface area contributed by atoms with Crippen molar-refractivity contribution in [2.24, 2.45) is 5.73 Å². The lowest BCUT2D eigenvalue weighted by molar-refractivity contribution is 0.560. The van der Waals surface area contributed by atoms with E-state index in [2.05, 4.69) is 19.9 Å². The maximum atomic E-state index is 12.4. The van der Waals surface area contributed by atoms with Crippen molar-refractivity contribution >= 4 is 10.0 Å². The Morgan fingerprint density at radius 1 is 1.57 bits per heavy atom. The monoisotopic (exact) mass is 310 g/mol. The van der Waals surface area contributed by atoms with Crippen LogP contribution >= 0.6 is 0 Å². The average molecular weight is 310 g/mol. The highest BCUT2D eigenvalue weighted by atomic mass is 32.2. The Kier molecular flexibility index (Phi) is 3.56. The van der Waals surface area contributed by atoms with Gasteiger partial charge in [0, 0.05) is 24.5 Å². The number of aromatic nitrogens is 4. The molecule has 1 aliphatic carbocycles. The van der Waals surface area contributed by atoms with E-state index in [1.54, 1.807) is 19.2 Å². The summed E-state index contributed by atoms with van der Waals surface area (Å²) < 4.78 is 29.4. The van der Waals surface area contributed by atoms with Crippen LogP contribution in [0.2, 0.25) is 0 Å². The van der Waals surface area contributed by atoms with Crippen molar-refractivity contribution in [1.82, 2.24) is 24.5 Å². The summed E-state index contributed by atoms with van der Waals surface area (Å²) in [7, 11) is -3.62. The second kappa shape index (κ2) is 5.24. The predicted molar refractivity (Wildman–Crippen MR) is 75.7 cm³/mol. The third-order valence-electron chi connectivity index (χ3n) is 3.54. The van der Waals surface area contributed by atoms with Crippen molar-refractivity contribution in [1.29, 1.82) is 0 Å². The number of H-pyrrole nitrogens is 1. The van der Waals surface area contributed by atoms with Crippen molar-refractivity contribution in [2.75, 3.05) is 0 Å². The molecule has 0 radical (unpaired) electrons. The van der Waals surface area contributed by atoms with Crippen LogP contribution < -0.4 is 10.5 Å². The molecule has 21 heavy (non-hydrogen) atoms. The van der Waals surface area contributed by atoms with Crippen LogP contribution in [-0.2, 0) is 16.6 Å². The Balaban J connectivity index is 1.84. The molecule has 1 atom stereocenters. The number of hydrogen-bond acceptors (Lipinski definition) is 5. The maximum absolute atomic E-state index is 12.4. The minimum absolute atomic E-state index is 0.237. The summed E-state index contributed by atoms with van der Waals surface area (Å²) in [5.74, 6) is 0.472. The van der Waals surface area contributed by atoms with Gasteiger partial charge in [0.2, 0.25) is 10.0 Å². The van der Waals surface area contributed by atoms with Crippen LogP contribution in [0, 0.1) is 0 Å². The minimum Gasteiger partial charge on any atom is -0.346 e. The van der Waals surface area contributed by atoms with Gasteiger partial charge in [0.1, 0.15) is 12.2 Å². The van der Waals surface area contributed by atoms with Crippen LogP contribution in [0.4, 0.5) is 0 Å². The number of sulfonamides is 1. The molecule has 1 aliphatic rings. The highest BCUT2D eigenvalue weighted by molar-refractivity contribution is 7.89. The zero-order chi connectivity index (χ0) is 15.0. The van der Waals surface area contributed by atoms with Crippen LogP contribution in [0.3, 0.4) is 0 Å². The van der Waals surface area contributed by atoms with E-state index >= 15 is 0 Å². The standard InChI is InChI=1S/C12H18N6O2S/c1-8(12-14-7-15-16-12)17-21(19,20)11-4-10(5-13)18(6-11)9-2-3-9/h4,6-9,17H,2-3,5,13H2,1H3,(H,14,15,16). The fourth-order valence-electron chi connectivity index (χ4n) is 2.28. The van der Waals surface area contributed by atoms with Gasteiger partial charge in [-0.2, -0.15) is 5.10 Å². The molecule has 0 spiro atoms. The van der Waals surface area contributed by atoms with Crippen LogP contribution in [0.15, 0.2) is 23.5 Å². The van der Waals surface area contributed by atoms with E-state index in [1.807, 2.05) is 4.57 Å². The number of nitrogens with zero attached hydrogens (tertiary/aromatic N) is 3. The van der Waals surface area contributed by atoms with Crippen molar-refractivity contribution in [2.45, 2.75) is 43.3 Å². The quantitative estimate of drug-likeness (QED) is 0.715. The molecule has 2 heterocycles. The van der Waals surface area contributed by atoms with E-state index in [0.717, 1.165) is 18.5 Å². The smallest absolute Gasteiger partial charge is 0.242 e. The summed E-state index contributed by atoms with van der Waals surface area (Å²) in [6.45, 7) is 2.03. The summed E-state index contributed by atoms with van der Waals surface area (Å²) in [4.78, 5) is 4.19. The molecular weight excluding hydrogens is 292 g/mol. The van der Waals surface area contributed by atoms with E-state index in [0.29, 0.717) is 18.4 Å². The number of nitrogens with one attached hydrogen (secondary N) is 2. The first kappa shape index (κ1) is 14.2. The van der Waals surface area contributed by atoms with Gasteiger partial charge in [-0.15, -0.1) is 0 Å². The van der Waals surface area contributed by atoms with Crippen molar-refractivity contribution in [3.8, 4) is 0 Å². The van der Waals surface area contributed by atoms with Gasteiger partial charge >= 0.3 is 0 Å². The van der Waals surface area contributed by atoms with Crippen LogP contribution in [0.5, 0.6) is 0 Å². The number of rotatable bonds is 6. The zero-order valence-electron chi connectivity index (χ0n) is 11.7. The van der Waals surface area contributed by atoms with Gasteiger partial charge in [-0.1, -0.05) is 0 Å². The van der Waals surface area contributed by atoms with Gasteiger partial charge in [-0.3, -0.25) is 5.10 Å². The highest BCUT2D eigenvalue weighted by Crippen LogP contribution is 2.37. The summed E-state index contributed by atoms with van der Waals surface area (Å²) in [6.07, 6.45) is 5.15. The maximum Gasteiger partial charge on any atom is 0.242 e. The lowest BCUT2D eigenvalue weighted by Crippen LogP contribution is -2.27. The van der Waals surface area contributed by atoms with Gasteiger partial charge in [0.15, 0.2) is 0 Å². The Morgan fingerprint density at radius 2 is 2.33 bits per heavy atom. The molecule has 0 bridgehead atoms. The first-order chi connectivity index (χ1) is 10.0. The molecule has 9 heteroatoms. The molecule has 2 aromatic heterocycles. The fourth-order valence-corrected chi connectivity index (χ4v) is 3.54. The SMILES string of the molecule is CC(NS(=O)(=O)c1cc(CN)n(C2CC2)c1)c1ncn[nH]1. The summed E-state index contributed by atoms with van der Waals surface area (Å²) in [5.41, 5.74) is 6.53. The van der Waals surface area contributed by atoms with Gasteiger partial charge in [-0.05, 0) is 25.8 Å². The fraction of sp³-hybridized carbons (Fsp3) is 0.500. The molecule has 1 unspecified atom stereocenters. The van der Waals surface area contributed by atoms with E-state index in [1.165, 1.54) is 6.33 Å². The molecule has 114 valence electrons. The topological polar surface area (TPSA) is 119 Å². The molecule has 3 rings (SSSR count). The molecule has 0 saturated heterocycles. The molecular formula is C12H18N6O2S. The summed E-state index contributed by atoms with van der Waals surface area (Å²) in [5, 5.41) is 6.37. The van der Waals surface area contributed by atoms with Crippen LogP contribution in [0.25, 0.3) is 0 Å². The van der Waals surface area contributed by atoms with Crippen LogP contribution in [0.1, 0.15) is 43.4 Å². The zero-order valence-corrected chi connectivity index (χ0v) is 12.5. The second-order valence-electron chi connectivity index (χ2n) is 5.22. The third-order valence-corrected chi connectivity index (χ3v) is 5.05. The van der Waals surface area contributed by atoms with E-state index in [4.69, 9.17) is 5.73 Å². The Labute approximate surface area is 122 Å². The van der Waals surface area contributed by atoms with Gasteiger partial charge in [0.05, 0.1) is 10.9 Å². The molecule has 8 nitrogen and oxygen atoms in total.